The van der Waals surface area contributed by atoms with Gasteiger partial charge in [-0.1, -0.05) is 16.8 Å². The van der Waals surface area contributed by atoms with Crippen molar-refractivity contribution in [1.29, 1.82) is 0 Å². The third-order valence-corrected chi connectivity index (χ3v) is 2.25. The van der Waals surface area contributed by atoms with E-state index in [1.54, 1.807) is 18.2 Å². The molecule has 0 bridgehead atoms. The van der Waals surface area contributed by atoms with Gasteiger partial charge in [-0.2, -0.15) is 0 Å². The number of carbonyl (C=O) groups is 1. The van der Waals surface area contributed by atoms with Crippen molar-refractivity contribution in [2.24, 2.45) is 0 Å². The smallest absolute Gasteiger partial charge is 0.305 e. The Morgan fingerprint density at radius 1 is 1.53 bits per heavy atom. The SMILES string of the molecule is O=C(O)CCn1nnc2ccc(Cl)cc21. The van der Waals surface area contributed by atoms with Crippen molar-refractivity contribution in [1.82, 2.24) is 15.0 Å². The topological polar surface area (TPSA) is 68.0 Å². The number of rotatable bonds is 3. The lowest BCUT2D eigenvalue weighted by Gasteiger charge is -1.98. The Hall–Kier alpha value is -1.62. The van der Waals surface area contributed by atoms with Gasteiger partial charge in [-0.05, 0) is 18.2 Å². The fourth-order valence-electron chi connectivity index (χ4n) is 1.30. The quantitative estimate of drug-likeness (QED) is 0.861. The van der Waals surface area contributed by atoms with Gasteiger partial charge in [0.15, 0.2) is 0 Å². The lowest BCUT2D eigenvalue weighted by atomic mass is 10.3. The Balaban J connectivity index is 2.35. The van der Waals surface area contributed by atoms with E-state index in [2.05, 4.69) is 10.3 Å². The molecule has 2 rings (SSSR count). The van der Waals surface area contributed by atoms with Crippen LogP contribution in [-0.4, -0.2) is 26.1 Å². The van der Waals surface area contributed by atoms with Crippen molar-refractivity contribution in [2.75, 3.05) is 0 Å². The number of halogens is 1. The molecule has 2 aromatic rings. The zero-order valence-electron chi connectivity index (χ0n) is 7.72. The number of aryl methyl sites for hydroxylation is 1. The predicted molar refractivity (Wildman–Crippen MR) is 54.8 cm³/mol. The molecule has 0 atom stereocenters. The maximum absolute atomic E-state index is 10.4. The van der Waals surface area contributed by atoms with E-state index in [4.69, 9.17) is 16.7 Å². The maximum Gasteiger partial charge on any atom is 0.305 e. The van der Waals surface area contributed by atoms with E-state index in [0.717, 1.165) is 5.52 Å². The molecule has 6 heteroatoms. The van der Waals surface area contributed by atoms with Crippen LogP contribution < -0.4 is 0 Å². The maximum atomic E-state index is 10.4. The van der Waals surface area contributed by atoms with Crippen molar-refractivity contribution >= 4 is 28.6 Å². The highest BCUT2D eigenvalue weighted by Crippen LogP contribution is 2.17. The minimum atomic E-state index is -0.860. The van der Waals surface area contributed by atoms with Crippen LogP contribution in [0.4, 0.5) is 0 Å². The predicted octanol–water partition coefficient (Wildman–Crippen LogP) is 1.56. The summed E-state index contributed by atoms with van der Waals surface area (Å²) in [6.45, 7) is 0.298. The van der Waals surface area contributed by atoms with E-state index in [1.807, 2.05) is 0 Å². The molecule has 0 fully saturated rings. The highest BCUT2D eigenvalue weighted by Gasteiger charge is 2.06. The molecule has 1 N–H and O–H groups in total. The molecule has 0 aliphatic carbocycles. The molecule has 5 nitrogen and oxygen atoms in total. The third-order valence-electron chi connectivity index (χ3n) is 2.01. The molecule has 0 amide bonds. The molecule has 1 aromatic heterocycles. The average molecular weight is 226 g/mol. The lowest BCUT2D eigenvalue weighted by molar-refractivity contribution is -0.137. The molecule has 78 valence electrons. The molecule has 1 heterocycles. The van der Waals surface area contributed by atoms with E-state index in [-0.39, 0.29) is 6.42 Å². The molecule has 0 radical (unpaired) electrons. The zero-order valence-corrected chi connectivity index (χ0v) is 8.48. The van der Waals surface area contributed by atoms with Gasteiger partial charge >= 0.3 is 5.97 Å². The van der Waals surface area contributed by atoms with E-state index in [1.165, 1.54) is 4.68 Å². The highest BCUT2D eigenvalue weighted by atomic mass is 35.5. The molecule has 0 saturated heterocycles. The largest absolute Gasteiger partial charge is 0.481 e. The van der Waals surface area contributed by atoms with Crippen LogP contribution in [0.1, 0.15) is 6.42 Å². The van der Waals surface area contributed by atoms with Crippen LogP contribution in [0.25, 0.3) is 11.0 Å². The second-order valence-electron chi connectivity index (χ2n) is 3.09. The second-order valence-corrected chi connectivity index (χ2v) is 3.53. The van der Waals surface area contributed by atoms with Crippen molar-refractivity contribution in [3.63, 3.8) is 0 Å². The van der Waals surface area contributed by atoms with Crippen molar-refractivity contribution < 1.29 is 9.90 Å². The van der Waals surface area contributed by atoms with Gasteiger partial charge in [0.25, 0.3) is 0 Å². The average Bonchev–Trinajstić information content (AvgIpc) is 2.57. The minimum absolute atomic E-state index is 0.0188. The first kappa shape index (κ1) is 9.92. The van der Waals surface area contributed by atoms with Gasteiger partial charge in [0.2, 0.25) is 0 Å². The Morgan fingerprint density at radius 2 is 2.33 bits per heavy atom. The number of benzene rings is 1. The van der Waals surface area contributed by atoms with Crippen molar-refractivity contribution in [3.05, 3.63) is 23.2 Å². The summed E-state index contributed by atoms with van der Waals surface area (Å²) in [6.07, 6.45) is 0.0188. The van der Waals surface area contributed by atoms with Crippen LogP contribution in [0.5, 0.6) is 0 Å². The monoisotopic (exact) mass is 225 g/mol. The summed E-state index contributed by atoms with van der Waals surface area (Å²) in [6, 6.07) is 5.20. The van der Waals surface area contributed by atoms with Crippen molar-refractivity contribution in [2.45, 2.75) is 13.0 Å². The number of hydrogen-bond donors (Lipinski definition) is 1. The van der Waals surface area contributed by atoms with Crippen LogP contribution in [0.3, 0.4) is 0 Å². The second kappa shape index (κ2) is 3.86. The minimum Gasteiger partial charge on any atom is -0.481 e. The van der Waals surface area contributed by atoms with Crippen LogP contribution in [0, 0.1) is 0 Å². The number of aromatic nitrogens is 3. The van der Waals surface area contributed by atoms with Crippen LogP contribution in [0.15, 0.2) is 18.2 Å². The van der Waals surface area contributed by atoms with Crippen LogP contribution in [0.2, 0.25) is 5.02 Å². The first-order valence-electron chi connectivity index (χ1n) is 4.37. The number of nitrogens with zero attached hydrogens (tertiary/aromatic N) is 3. The summed E-state index contributed by atoms with van der Waals surface area (Å²) in [5.41, 5.74) is 1.47. The molecule has 1 aromatic carbocycles. The third kappa shape index (κ3) is 2.07. The Kier molecular flexibility index (Phi) is 2.55. The normalized spacial score (nSPS) is 10.7. The lowest BCUT2D eigenvalue weighted by Crippen LogP contribution is -2.05. The summed E-state index contributed by atoms with van der Waals surface area (Å²) in [5, 5.41) is 16.9. The molecular weight excluding hydrogens is 218 g/mol. The number of aliphatic carboxylic acids is 1. The van der Waals surface area contributed by atoms with E-state index in [9.17, 15) is 4.79 Å². The van der Waals surface area contributed by atoms with Gasteiger partial charge in [0, 0.05) is 5.02 Å². The zero-order chi connectivity index (χ0) is 10.8. The molecule has 0 saturated carbocycles. The Bertz CT molecular complexity index is 509. The first-order valence-corrected chi connectivity index (χ1v) is 4.75. The van der Waals surface area contributed by atoms with E-state index < -0.39 is 5.97 Å². The summed E-state index contributed by atoms with van der Waals surface area (Å²) >= 11 is 5.83. The fraction of sp³-hybridized carbons (Fsp3) is 0.222. The van der Waals surface area contributed by atoms with Gasteiger partial charge in [-0.15, -0.1) is 5.10 Å². The summed E-state index contributed by atoms with van der Waals surface area (Å²) < 4.78 is 1.54. The molecule has 0 aliphatic rings. The van der Waals surface area contributed by atoms with Gasteiger partial charge in [0.05, 0.1) is 18.5 Å². The summed E-state index contributed by atoms with van der Waals surface area (Å²) in [5.74, 6) is -0.860. The van der Waals surface area contributed by atoms with Gasteiger partial charge < -0.3 is 5.11 Å². The van der Waals surface area contributed by atoms with Crippen LogP contribution >= 0.6 is 11.6 Å². The molecule has 15 heavy (non-hydrogen) atoms. The first-order chi connectivity index (χ1) is 7.16. The van der Waals surface area contributed by atoms with E-state index >= 15 is 0 Å². The number of carboxylic acids is 1. The van der Waals surface area contributed by atoms with E-state index in [0.29, 0.717) is 17.1 Å². The molecule has 0 aliphatic heterocycles. The standard InChI is InChI=1S/C9H8ClN3O2/c10-6-1-2-7-8(5-6)13(12-11-7)4-3-9(14)15/h1-2,5H,3-4H2,(H,14,15). The summed E-state index contributed by atoms with van der Waals surface area (Å²) in [7, 11) is 0. The number of hydrogen-bond acceptors (Lipinski definition) is 3. The fourth-order valence-corrected chi connectivity index (χ4v) is 1.47. The Morgan fingerprint density at radius 3 is 3.07 bits per heavy atom. The number of carboxylic acid groups (broad SMARTS) is 1. The van der Waals surface area contributed by atoms with Crippen molar-refractivity contribution in [3.8, 4) is 0 Å². The highest BCUT2D eigenvalue weighted by molar-refractivity contribution is 6.31. The summed E-state index contributed by atoms with van der Waals surface area (Å²) in [4.78, 5) is 10.4. The molecule has 0 unspecified atom stereocenters. The van der Waals surface area contributed by atoms with Gasteiger partial charge in [-0.25, -0.2) is 4.68 Å². The van der Waals surface area contributed by atoms with Gasteiger partial charge in [-0.3, -0.25) is 4.79 Å². The molecule has 0 spiro atoms. The Labute approximate surface area is 90.3 Å². The van der Waals surface area contributed by atoms with Gasteiger partial charge in [0.1, 0.15) is 5.52 Å². The molecular formula is C9H8ClN3O2. The van der Waals surface area contributed by atoms with Crippen LogP contribution in [-0.2, 0) is 11.3 Å². The number of fused-ring (bicyclic) bond motifs is 1.